The number of hydrogen-bond acceptors (Lipinski definition) is 7. The first-order chi connectivity index (χ1) is 22.2. The first kappa shape index (κ1) is 31.7. The van der Waals surface area contributed by atoms with E-state index in [9.17, 15) is 24.3 Å². The second-order valence-electron chi connectivity index (χ2n) is 12.6. The molecule has 6 rings (SSSR count). The molecule has 3 amide bonds. The van der Waals surface area contributed by atoms with Crippen LogP contribution in [0.25, 0.3) is 0 Å². The van der Waals surface area contributed by atoms with Crippen LogP contribution in [0.1, 0.15) is 48.4 Å². The smallest absolute Gasteiger partial charge is 0.306 e. The highest BCUT2D eigenvalue weighted by Gasteiger charge is 2.73. The second-order valence-corrected chi connectivity index (χ2v) is 12.6. The molecule has 46 heavy (non-hydrogen) atoms. The monoisotopic (exact) mass is 627 g/mol. The van der Waals surface area contributed by atoms with Crippen LogP contribution in [0, 0.1) is 25.7 Å². The van der Waals surface area contributed by atoms with E-state index < -0.39 is 47.5 Å². The van der Waals surface area contributed by atoms with Gasteiger partial charge in [0.15, 0.2) is 0 Å². The number of cyclic esters (lactones) is 1. The maximum atomic E-state index is 14.9. The molecule has 2 fully saturated rings. The molecule has 2 aromatic rings. The molecule has 4 aliphatic rings. The minimum absolute atomic E-state index is 0.0381. The number of nitrogens with zero attached hydrogens (tertiary/aromatic N) is 2. The fourth-order valence-corrected chi connectivity index (χ4v) is 7.27. The third-order valence-electron chi connectivity index (χ3n) is 9.54. The Kier molecular flexibility index (Phi) is 9.11. The van der Waals surface area contributed by atoms with Crippen LogP contribution < -0.4 is 10.2 Å². The Morgan fingerprint density at radius 3 is 2.59 bits per heavy atom. The Bertz CT molecular complexity index is 1560. The van der Waals surface area contributed by atoms with Crippen molar-refractivity contribution in [1.82, 2.24) is 10.2 Å². The molecule has 2 N–H and O–H groups in total. The molecule has 0 unspecified atom stereocenters. The number of carbonyl (C=O) groups is 4. The number of esters is 1. The van der Waals surface area contributed by atoms with E-state index in [0.717, 1.165) is 16.7 Å². The lowest BCUT2D eigenvalue weighted by atomic mass is 9.74. The molecular weight excluding hydrogens is 586 g/mol. The van der Waals surface area contributed by atoms with Gasteiger partial charge in [-0.15, -0.1) is 0 Å². The van der Waals surface area contributed by atoms with Crippen molar-refractivity contribution in [2.24, 2.45) is 11.8 Å². The van der Waals surface area contributed by atoms with Crippen molar-refractivity contribution in [3.63, 3.8) is 0 Å². The van der Waals surface area contributed by atoms with Crippen LogP contribution in [0.4, 0.5) is 5.69 Å². The zero-order valence-corrected chi connectivity index (χ0v) is 26.3. The van der Waals surface area contributed by atoms with E-state index >= 15 is 0 Å². The second kappa shape index (κ2) is 13.2. The molecule has 0 saturated carbocycles. The molecule has 10 nitrogen and oxygen atoms in total. The van der Waals surface area contributed by atoms with Crippen LogP contribution >= 0.6 is 0 Å². The van der Waals surface area contributed by atoms with Gasteiger partial charge < -0.3 is 29.7 Å². The summed E-state index contributed by atoms with van der Waals surface area (Å²) in [6, 6.07) is 13.5. The van der Waals surface area contributed by atoms with Gasteiger partial charge in [0.1, 0.15) is 18.2 Å². The van der Waals surface area contributed by atoms with Crippen molar-refractivity contribution in [3.05, 3.63) is 89.5 Å². The number of rotatable bonds is 6. The Hall–Kier alpha value is -4.28. The largest absolute Gasteiger partial charge is 0.463 e. The van der Waals surface area contributed by atoms with Crippen molar-refractivity contribution in [3.8, 4) is 0 Å². The van der Waals surface area contributed by atoms with E-state index in [1.807, 2.05) is 74.5 Å². The van der Waals surface area contributed by atoms with Crippen LogP contribution in [0.15, 0.2) is 72.8 Å². The van der Waals surface area contributed by atoms with Crippen LogP contribution in [0.5, 0.6) is 0 Å². The summed E-state index contributed by atoms with van der Waals surface area (Å²) >= 11 is 0. The summed E-state index contributed by atoms with van der Waals surface area (Å²) in [7, 11) is 0. The van der Waals surface area contributed by atoms with E-state index in [1.54, 1.807) is 22.0 Å². The number of carbonyl (C=O) groups excluding carboxylic acids is 4. The summed E-state index contributed by atoms with van der Waals surface area (Å²) in [4.78, 5) is 59.4. The van der Waals surface area contributed by atoms with Crippen LogP contribution in [0.2, 0.25) is 0 Å². The predicted octanol–water partition coefficient (Wildman–Crippen LogP) is 3.31. The number of benzene rings is 2. The molecule has 4 aliphatic heterocycles. The number of aliphatic hydroxyl groups is 1. The van der Waals surface area contributed by atoms with Crippen molar-refractivity contribution < 1.29 is 33.8 Å². The summed E-state index contributed by atoms with van der Waals surface area (Å²) in [6.07, 6.45) is 8.12. The van der Waals surface area contributed by atoms with Crippen molar-refractivity contribution >= 4 is 29.4 Å². The Morgan fingerprint density at radius 1 is 1.00 bits per heavy atom. The summed E-state index contributed by atoms with van der Waals surface area (Å²) in [5.41, 5.74) is 2.01. The Balaban J connectivity index is 1.44. The summed E-state index contributed by atoms with van der Waals surface area (Å²) in [5.74, 6) is -3.23. The number of aryl methyl sites for hydroxylation is 2. The van der Waals surface area contributed by atoms with Gasteiger partial charge in [-0.1, -0.05) is 66.8 Å². The molecule has 5 bridgehead atoms. The molecule has 4 heterocycles. The molecule has 2 aromatic carbocycles. The quantitative estimate of drug-likeness (QED) is 0.286. The molecule has 0 radical (unpaired) electrons. The highest BCUT2D eigenvalue weighted by molar-refractivity contribution is 6.06. The third-order valence-corrected chi connectivity index (χ3v) is 9.54. The van der Waals surface area contributed by atoms with Gasteiger partial charge in [-0.2, -0.15) is 0 Å². The molecule has 10 heteroatoms. The molecule has 6 atom stereocenters. The first-order valence-electron chi connectivity index (χ1n) is 16.1. The number of hydrogen-bond donors (Lipinski definition) is 2. The minimum Gasteiger partial charge on any atom is -0.463 e. The van der Waals surface area contributed by atoms with Gasteiger partial charge in [-0.25, -0.2) is 0 Å². The topological polar surface area (TPSA) is 125 Å². The number of likely N-dealkylation sites (tertiary alicyclic amines) is 1. The number of allylic oxidation sites excluding steroid dienone is 1. The Morgan fingerprint density at radius 2 is 1.80 bits per heavy atom. The lowest BCUT2D eigenvalue weighted by Gasteiger charge is -2.36. The number of unbranched alkanes of at least 4 members (excludes halogenated alkanes) is 1. The van der Waals surface area contributed by atoms with Gasteiger partial charge in [0.05, 0.1) is 24.0 Å². The number of amides is 3. The number of anilines is 1. The van der Waals surface area contributed by atoms with Crippen LogP contribution in [0.3, 0.4) is 0 Å². The van der Waals surface area contributed by atoms with Crippen molar-refractivity contribution in [2.45, 2.75) is 63.3 Å². The third kappa shape index (κ3) is 5.76. The van der Waals surface area contributed by atoms with E-state index in [0.29, 0.717) is 24.9 Å². The molecule has 2 saturated heterocycles. The average molecular weight is 628 g/mol. The van der Waals surface area contributed by atoms with Crippen molar-refractivity contribution in [1.29, 1.82) is 0 Å². The van der Waals surface area contributed by atoms with E-state index in [1.165, 1.54) is 0 Å². The number of ether oxygens (including phenoxy) is 2. The van der Waals surface area contributed by atoms with Gasteiger partial charge in [0.25, 0.3) is 5.91 Å². The predicted molar refractivity (Wildman–Crippen MR) is 170 cm³/mol. The van der Waals surface area contributed by atoms with Crippen LogP contribution in [-0.4, -0.2) is 77.7 Å². The first-order valence-corrected chi connectivity index (χ1v) is 16.1. The molecule has 242 valence electrons. The Labute approximate surface area is 269 Å². The highest BCUT2D eigenvalue weighted by Crippen LogP contribution is 2.55. The number of nitrogens with one attached hydrogen (secondary N) is 1. The number of fused-ring (bicyclic) bond motifs is 2. The highest BCUT2D eigenvalue weighted by atomic mass is 16.5. The van der Waals surface area contributed by atoms with Gasteiger partial charge in [0, 0.05) is 31.8 Å². The lowest BCUT2D eigenvalue weighted by molar-refractivity contribution is -0.145. The molecule has 0 aliphatic carbocycles. The molecule has 0 aromatic heterocycles. The van der Waals surface area contributed by atoms with Crippen molar-refractivity contribution in [2.75, 3.05) is 31.2 Å². The molecular formula is C36H41N3O7. The summed E-state index contributed by atoms with van der Waals surface area (Å²) < 4.78 is 12.2. The van der Waals surface area contributed by atoms with Gasteiger partial charge in [-0.3, -0.25) is 19.2 Å². The summed E-state index contributed by atoms with van der Waals surface area (Å²) in [5, 5.41) is 12.6. The van der Waals surface area contributed by atoms with Gasteiger partial charge >= 0.3 is 5.97 Å². The van der Waals surface area contributed by atoms with E-state index in [4.69, 9.17) is 9.47 Å². The minimum atomic E-state index is -1.33. The standard InChI is InChI=1S/C36H41N3O7/c1-23-14-15-24(2)27(21-23)38-18-8-4-7-13-29(41)45-22-26(25-11-5-3-6-12-25)37-33(42)30-28-16-17-36(46-28)31(30)34(43)39(19-9-10-20-40)32(36)35(38)44/h3-6,8,11-12,14-17,21,26,28,30-32,40H,7,9-10,13,18-20,22H2,1-2H3,(H,37,42)/b8-4-/t26-,28-,30+,31+,32-,36+/m1/s1. The fraction of sp³-hybridized carbons (Fsp3) is 0.444. The SMILES string of the molecule is Cc1ccc(C)c(N2C/C=C\CCC(=O)OC[C@H](c3ccccc3)NC(=O)[C@@H]3[C@H]4C(=O)N(CCCCO)[C@H](C2=O)[C@]42C=C[C@H]3O2)c1. The molecule has 1 spiro atoms. The maximum absolute atomic E-state index is 14.9. The van der Waals surface area contributed by atoms with Crippen LogP contribution in [-0.2, 0) is 28.7 Å². The van der Waals surface area contributed by atoms with E-state index in [-0.39, 0.29) is 44.5 Å². The van der Waals surface area contributed by atoms with Gasteiger partial charge in [0.2, 0.25) is 11.8 Å². The maximum Gasteiger partial charge on any atom is 0.306 e. The summed E-state index contributed by atoms with van der Waals surface area (Å²) in [6.45, 7) is 4.24. The lowest BCUT2D eigenvalue weighted by Crippen LogP contribution is -2.56. The average Bonchev–Trinajstić information content (AvgIpc) is 3.69. The zero-order chi connectivity index (χ0) is 32.4. The zero-order valence-electron chi connectivity index (χ0n) is 26.3. The van der Waals surface area contributed by atoms with E-state index in [2.05, 4.69) is 5.32 Å². The fourth-order valence-electron chi connectivity index (χ4n) is 7.27. The number of aliphatic hydroxyl groups excluding tert-OH is 1. The van der Waals surface area contributed by atoms with Gasteiger partial charge in [-0.05, 0) is 55.9 Å². The normalized spacial score (nSPS) is 30.4.